The molecule has 1 saturated heterocycles. The molecule has 3 atom stereocenters. The highest BCUT2D eigenvalue weighted by molar-refractivity contribution is 5.85. The van der Waals surface area contributed by atoms with E-state index < -0.39 is 5.97 Å². The number of aliphatic carboxylic acids is 1. The summed E-state index contributed by atoms with van der Waals surface area (Å²) in [5, 5.41) is 9.54. The Morgan fingerprint density at radius 3 is 2.71 bits per heavy atom. The first-order chi connectivity index (χ1) is 9.66. The molecule has 116 valence electrons. The van der Waals surface area contributed by atoms with E-state index in [4.69, 9.17) is 0 Å². The Balaban J connectivity index is 0.00000161. The van der Waals surface area contributed by atoms with Gasteiger partial charge in [-0.3, -0.25) is 9.69 Å². The summed E-state index contributed by atoms with van der Waals surface area (Å²) < 4.78 is 0. The van der Waals surface area contributed by atoms with Crippen molar-refractivity contribution in [1.29, 1.82) is 0 Å². The molecule has 2 fully saturated rings. The van der Waals surface area contributed by atoms with Crippen LogP contribution in [0.25, 0.3) is 0 Å². The van der Waals surface area contributed by atoms with Crippen LogP contribution in [0.1, 0.15) is 43.2 Å². The van der Waals surface area contributed by atoms with Gasteiger partial charge in [0.2, 0.25) is 0 Å². The Kier molecular flexibility index (Phi) is 5.28. The maximum atomic E-state index is 11.6. The fourth-order valence-electron chi connectivity index (χ4n) is 4.01. The van der Waals surface area contributed by atoms with Gasteiger partial charge in [0.1, 0.15) is 6.04 Å². The molecule has 3 unspecified atom stereocenters. The highest BCUT2D eigenvalue weighted by Gasteiger charge is 2.44. The third kappa shape index (κ3) is 3.24. The molecule has 1 N–H and O–H groups in total. The monoisotopic (exact) mass is 309 g/mol. The van der Waals surface area contributed by atoms with Crippen molar-refractivity contribution in [3.8, 4) is 0 Å². The van der Waals surface area contributed by atoms with Gasteiger partial charge < -0.3 is 5.11 Å². The first kappa shape index (κ1) is 16.3. The van der Waals surface area contributed by atoms with Crippen molar-refractivity contribution in [2.75, 3.05) is 0 Å². The van der Waals surface area contributed by atoms with Gasteiger partial charge in [0.15, 0.2) is 0 Å². The lowest BCUT2D eigenvalue weighted by Gasteiger charge is -2.33. The molecule has 0 radical (unpaired) electrons. The van der Waals surface area contributed by atoms with E-state index >= 15 is 0 Å². The summed E-state index contributed by atoms with van der Waals surface area (Å²) in [6.07, 6.45) is 5.73. The fourth-order valence-corrected chi connectivity index (χ4v) is 4.01. The maximum absolute atomic E-state index is 11.6. The first-order valence-corrected chi connectivity index (χ1v) is 7.70. The maximum Gasteiger partial charge on any atom is 0.320 e. The van der Waals surface area contributed by atoms with E-state index in [0.717, 1.165) is 13.0 Å². The lowest BCUT2D eigenvalue weighted by molar-refractivity contribution is -0.142. The van der Waals surface area contributed by atoms with E-state index in [1.165, 1.54) is 36.8 Å². The number of benzene rings is 1. The molecule has 1 aromatic carbocycles. The molecule has 0 amide bonds. The zero-order valence-corrected chi connectivity index (χ0v) is 13.3. The van der Waals surface area contributed by atoms with Gasteiger partial charge in [-0.15, -0.1) is 12.4 Å². The minimum Gasteiger partial charge on any atom is -0.480 e. The number of carboxylic acid groups (broad SMARTS) is 1. The zero-order valence-electron chi connectivity index (χ0n) is 12.5. The number of carboxylic acids is 1. The third-order valence-electron chi connectivity index (χ3n) is 5.12. The molecule has 4 heteroatoms. The average Bonchev–Trinajstić information content (AvgIpc) is 2.81. The van der Waals surface area contributed by atoms with Gasteiger partial charge in [0.05, 0.1) is 0 Å². The number of carbonyl (C=O) groups is 1. The lowest BCUT2D eigenvalue weighted by atomic mass is 9.84. The molecule has 1 heterocycles. The van der Waals surface area contributed by atoms with Gasteiger partial charge in [-0.1, -0.05) is 37.1 Å². The van der Waals surface area contributed by atoms with Crippen LogP contribution in [-0.2, 0) is 11.3 Å². The minimum absolute atomic E-state index is 0. The van der Waals surface area contributed by atoms with Gasteiger partial charge in [-0.05, 0) is 43.2 Å². The summed E-state index contributed by atoms with van der Waals surface area (Å²) in [5.41, 5.74) is 2.53. The van der Waals surface area contributed by atoms with Crippen LogP contribution in [-0.4, -0.2) is 28.1 Å². The van der Waals surface area contributed by atoms with Crippen LogP contribution in [0.2, 0.25) is 0 Å². The second kappa shape index (κ2) is 6.80. The summed E-state index contributed by atoms with van der Waals surface area (Å²) in [5.74, 6) is -0.0538. The van der Waals surface area contributed by atoms with Crippen molar-refractivity contribution in [2.24, 2.45) is 5.92 Å². The Bertz CT molecular complexity index is 505. The Morgan fingerprint density at radius 1 is 1.29 bits per heavy atom. The molecule has 1 aliphatic carbocycles. The lowest BCUT2D eigenvalue weighted by Crippen LogP contribution is -2.41. The Morgan fingerprint density at radius 2 is 2.00 bits per heavy atom. The van der Waals surface area contributed by atoms with Crippen molar-refractivity contribution in [3.63, 3.8) is 0 Å². The number of rotatable bonds is 3. The van der Waals surface area contributed by atoms with Crippen LogP contribution in [0, 0.1) is 12.8 Å². The summed E-state index contributed by atoms with van der Waals surface area (Å²) in [4.78, 5) is 13.8. The van der Waals surface area contributed by atoms with Gasteiger partial charge in [-0.2, -0.15) is 0 Å². The van der Waals surface area contributed by atoms with Gasteiger partial charge >= 0.3 is 5.97 Å². The SMILES string of the molecule is Cc1ccccc1CN1C(C(=O)O)CC2CCCCC21.Cl. The topological polar surface area (TPSA) is 40.5 Å². The summed E-state index contributed by atoms with van der Waals surface area (Å²) in [6.45, 7) is 2.89. The molecule has 0 bridgehead atoms. The number of fused-ring (bicyclic) bond motifs is 1. The molecule has 3 rings (SSSR count). The second-order valence-electron chi connectivity index (χ2n) is 6.30. The van der Waals surface area contributed by atoms with Crippen LogP contribution >= 0.6 is 12.4 Å². The molecule has 3 nitrogen and oxygen atoms in total. The highest BCUT2D eigenvalue weighted by atomic mass is 35.5. The number of hydrogen-bond donors (Lipinski definition) is 1. The zero-order chi connectivity index (χ0) is 14.1. The largest absolute Gasteiger partial charge is 0.480 e. The van der Waals surface area contributed by atoms with Crippen LogP contribution < -0.4 is 0 Å². The molecular weight excluding hydrogens is 286 g/mol. The first-order valence-electron chi connectivity index (χ1n) is 7.70. The van der Waals surface area contributed by atoms with Crippen LogP contribution in [0.15, 0.2) is 24.3 Å². The molecule has 0 spiro atoms. The predicted molar refractivity (Wildman–Crippen MR) is 85.8 cm³/mol. The molecule has 1 saturated carbocycles. The van der Waals surface area contributed by atoms with E-state index in [1.807, 2.05) is 12.1 Å². The van der Waals surface area contributed by atoms with Gasteiger partial charge in [0, 0.05) is 12.6 Å². The molecule has 2 aliphatic rings. The van der Waals surface area contributed by atoms with Crippen molar-refractivity contribution < 1.29 is 9.90 Å². The van der Waals surface area contributed by atoms with E-state index in [2.05, 4.69) is 24.0 Å². The third-order valence-corrected chi connectivity index (χ3v) is 5.12. The number of likely N-dealkylation sites (tertiary alicyclic amines) is 1. The summed E-state index contributed by atoms with van der Waals surface area (Å²) in [6, 6.07) is 8.52. The van der Waals surface area contributed by atoms with E-state index in [-0.39, 0.29) is 18.4 Å². The number of halogens is 1. The number of nitrogens with zero attached hydrogens (tertiary/aromatic N) is 1. The van der Waals surface area contributed by atoms with Crippen molar-refractivity contribution >= 4 is 18.4 Å². The second-order valence-corrected chi connectivity index (χ2v) is 6.30. The van der Waals surface area contributed by atoms with E-state index in [9.17, 15) is 9.90 Å². The van der Waals surface area contributed by atoms with Crippen molar-refractivity contribution in [3.05, 3.63) is 35.4 Å². The van der Waals surface area contributed by atoms with Crippen LogP contribution in [0.5, 0.6) is 0 Å². The van der Waals surface area contributed by atoms with Crippen LogP contribution in [0.3, 0.4) is 0 Å². The van der Waals surface area contributed by atoms with E-state index in [0.29, 0.717) is 12.0 Å². The predicted octanol–water partition coefficient (Wildman–Crippen LogP) is 3.63. The van der Waals surface area contributed by atoms with Gasteiger partial charge in [0.25, 0.3) is 0 Å². The highest BCUT2D eigenvalue weighted by Crippen LogP contribution is 2.40. The van der Waals surface area contributed by atoms with Crippen molar-refractivity contribution in [2.45, 2.75) is 57.7 Å². The number of hydrogen-bond acceptors (Lipinski definition) is 2. The van der Waals surface area contributed by atoms with Crippen molar-refractivity contribution in [1.82, 2.24) is 4.90 Å². The molecule has 1 aromatic rings. The fraction of sp³-hybridized carbons (Fsp3) is 0.588. The average molecular weight is 310 g/mol. The Labute approximate surface area is 132 Å². The smallest absolute Gasteiger partial charge is 0.320 e. The standard InChI is InChI=1S/C17H23NO2.ClH/c1-12-6-2-3-8-14(12)11-18-15-9-5-4-7-13(15)10-16(18)17(19)20;/h2-3,6,8,13,15-16H,4-5,7,9-11H2,1H3,(H,19,20);1H. The molecule has 0 aromatic heterocycles. The van der Waals surface area contributed by atoms with E-state index in [1.54, 1.807) is 0 Å². The summed E-state index contributed by atoms with van der Waals surface area (Å²) >= 11 is 0. The summed E-state index contributed by atoms with van der Waals surface area (Å²) in [7, 11) is 0. The molecule has 21 heavy (non-hydrogen) atoms. The normalized spacial score (nSPS) is 28.7. The quantitative estimate of drug-likeness (QED) is 0.927. The van der Waals surface area contributed by atoms with Crippen LogP contribution in [0.4, 0.5) is 0 Å². The van der Waals surface area contributed by atoms with Gasteiger partial charge in [-0.25, -0.2) is 0 Å². The Hall–Kier alpha value is -1.06. The minimum atomic E-state index is -0.645. The molecular formula is C17H24ClNO2. The number of aryl methyl sites for hydroxylation is 1. The molecule has 1 aliphatic heterocycles.